The van der Waals surface area contributed by atoms with Crippen LogP contribution >= 0.6 is 8.53 Å². The van der Waals surface area contributed by atoms with Gasteiger partial charge in [0.2, 0.25) is 5.91 Å². The molecule has 354 valence electrons. The molecule has 4 heterocycles. The van der Waals surface area contributed by atoms with Gasteiger partial charge in [0.15, 0.2) is 6.23 Å². The van der Waals surface area contributed by atoms with Crippen LogP contribution in [0.5, 0.6) is 11.5 Å². The molecule has 0 spiro atoms. The molecule has 2 bridgehead atoms. The molecule has 1 unspecified atom stereocenters. The third-order valence-electron chi connectivity index (χ3n) is 12.1. The van der Waals surface area contributed by atoms with Gasteiger partial charge >= 0.3 is 11.4 Å². The number of aromatic amines is 2. The first-order valence-electron chi connectivity index (χ1n) is 21.9. The van der Waals surface area contributed by atoms with Crippen LogP contribution in [0.3, 0.4) is 0 Å². The first kappa shape index (κ1) is 48.7. The highest BCUT2D eigenvalue weighted by Crippen LogP contribution is 2.57. The summed E-state index contributed by atoms with van der Waals surface area (Å²) in [6.45, 7) is 10.2. The Labute approximate surface area is 388 Å². The van der Waals surface area contributed by atoms with Gasteiger partial charge in [-0.3, -0.25) is 33.5 Å². The number of hydrogen-bond donors (Lipinski definition) is 2. The second-order valence-electron chi connectivity index (χ2n) is 17.1. The van der Waals surface area contributed by atoms with Crippen LogP contribution in [0.1, 0.15) is 68.2 Å². The van der Waals surface area contributed by atoms with E-state index in [1.165, 1.54) is 28.8 Å². The Kier molecular flexibility index (Phi) is 14.8. The number of morpholine rings is 1. The molecule has 2 fully saturated rings. The number of nitriles is 1. The molecule has 2 aliphatic heterocycles. The minimum absolute atomic E-state index is 0.0328. The highest BCUT2D eigenvalue weighted by Gasteiger charge is 2.68. The van der Waals surface area contributed by atoms with Gasteiger partial charge in [0, 0.05) is 35.6 Å². The number of benzene rings is 3. The summed E-state index contributed by atoms with van der Waals surface area (Å²) in [4.78, 5) is 73.3. The van der Waals surface area contributed by atoms with E-state index in [4.69, 9.17) is 28.0 Å². The molecule has 5 aromatic rings. The first-order chi connectivity index (χ1) is 32.1. The van der Waals surface area contributed by atoms with Crippen LogP contribution in [0, 0.1) is 25.2 Å². The van der Waals surface area contributed by atoms with E-state index in [-0.39, 0.29) is 49.4 Å². The largest absolute Gasteiger partial charge is 0.497 e. The minimum atomic E-state index is -2.02. The minimum Gasteiger partial charge on any atom is -0.497 e. The summed E-state index contributed by atoms with van der Waals surface area (Å²) in [5, 5.41) is 9.57. The summed E-state index contributed by atoms with van der Waals surface area (Å²) in [5.74, 6) is 0.672. The van der Waals surface area contributed by atoms with Crippen LogP contribution in [0.15, 0.2) is 110 Å². The fourth-order valence-electron chi connectivity index (χ4n) is 8.92. The van der Waals surface area contributed by atoms with Gasteiger partial charge in [-0.1, -0.05) is 54.6 Å². The standard InChI is InChI=1S/C48H56N7O11P/c1-30(2)55(31(3)4)67(64-24-12-23-49)66-41-40-44(53-26-33(6)43(58)51-46(53)60)65-47(41,28-54(40)39(56)27-52-25-32(5)42(57)50-45(52)59)29-63-48(34-13-10-9-11-14-34,35-15-19-37(61-7)20-16-35)36-17-21-38(62-8)22-18-36/h9-11,13-22,25-26,30-31,40-41,44H,12,24,27-29H2,1-8H3,(H,50,57,59)(H,51,58,60)/t40-,41+,44-,47-,67?/m1/s1. The monoisotopic (exact) mass is 937 g/mol. The van der Waals surface area contributed by atoms with Crippen molar-refractivity contribution in [1.29, 1.82) is 5.26 Å². The van der Waals surface area contributed by atoms with Gasteiger partial charge in [0.05, 0.1) is 46.5 Å². The topological polar surface area (TPSA) is 212 Å². The molecule has 2 saturated heterocycles. The van der Waals surface area contributed by atoms with E-state index in [0.29, 0.717) is 22.6 Å². The van der Waals surface area contributed by atoms with Crippen molar-refractivity contribution < 1.29 is 32.8 Å². The van der Waals surface area contributed by atoms with E-state index in [1.54, 1.807) is 21.1 Å². The molecule has 19 heteroatoms. The van der Waals surface area contributed by atoms with E-state index in [9.17, 15) is 29.2 Å². The molecule has 2 N–H and O–H groups in total. The van der Waals surface area contributed by atoms with Gasteiger partial charge in [-0.15, -0.1) is 0 Å². The van der Waals surface area contributed by atoms with Gasteiger partial charge in [0.25, 0.3) is 19.6 Å². The van der Waals surface area contributed by atoms with Gasteiger partial charge in [-0.05, 0) is 82.5 Å². The van der Waals surface area contributed by atoms with Crippen LogP contribution in [-0.4, -0.2) is 98.4 Å². The van der Waals surface area contributed by atoms with Gasteiger partial charge in [-0.25, -0.2) is 14.3 Å². The van der Waals surface area contributed by atoms with E-state index in [1.807, 2.05) is 111 Å². The summed E-state index contributed by atoms with van der Waals surface area (Å²) >= 11 is 0. The Balaban J connectivity index is 1.46. The number of aromatic nitrogens is 4. The zero-order valence-corrected chi connectivity index (χ0v) is 39.7. The lowest BCUT2D eigenvalue weighted by molar-refractivity contribution is -0.183. The number of carbonyl (C=O) groups excluding carboxylic acids is 1. The number of methoxy groups -OCH3 is 2. The number of rotatable bonds is 19. The molecule has 1 amide bonds. The molecule has 67 heavy (non-hydrogen) atoms. The molecule has 3 aromatic carbocycles. The number of nitrogens with zero attached hydrogens (tertiary/aromatic N) is 5. The smallest absolute Gasteiger partial charge is 0.330 e. The van der Waals surface area contributed by atoms with Crippen molar-refractivity contribution in [2.75, 3.05) is 34.0 Å². The van der Waals surface area contributed by atoms with E-state index in [2.05, 4.69) is 16.0 Å². The quantitative estimate of drug-likeness (QED) is 0.0644. The molecular weight excluding hydrogens is 882 g/mol. The lowest BCUT2D eigenvalue weighted by Gasteiger charge is -2.42. The number of H-pyrrole nitrogens is 2. The van der Waals surface area contributed by atoms with Crippen molar-refractivity contribution in [1.82, 2.24) is 28.7 Å². The van der Waals surface area contributed by atoms with Crippen molar-refractivity contribution in [2.24, 2.45) is 0 Å². The number of likely N-dealkylation sites (tertiary alicyclic amines) is 1. The van der Waals surface area contributed by atoms with E-state index < -0.39 is 73.1 Å². The van der Waals surface area contributed by atoms with E-state index >= 15 is 0 Å². The molecule has 2 aliphatic rings. The second-order valence-corrected chi connectivity index (χ2v) is 18.5. The lowest BCUT2D eigenvalue weighted by atomic mass is 9.79. The maximum atomic E-state index is 14.9. The number of ether oxygens (including phenoxy) is 4. The Morgan fingerprint density at radius 3 is 1.96 bits per heavy atom. The Bertz CT molecular complexity index is 2770. The van der Waals surface area contributed by atoms with Crippen molar-refractivity contribution in [3.8, 4) is 17.6 Å². The zero-order chi connectivity index (χ0) is 48.2. The second kappa shape index (κ2) is 20.4. The Morgan fingerprint density at radius 1 is 0.851 bits per heavy atom. The van der Waals surface area contributed by atoms with Crippen LogP contribution in [-0.2, 0) is 35.5 Å². The molecule has 0 radical (unpaired) electrons. The van der Waals surface area contributed by atoms with Crippen LogP contribution < -0.4 is 32.0 Å². The summed E-state index contributed by atoms with van der Waals surface area (Å²) in [5.41, 5.74) is -3.15. The predicted octanol–water partition coefficient (Wildman–Crippen LogP) is 4.87. The zero-order valence-electron chi connectivity index (χ0n) is 38.8. The van der Waals surface area contributed by atoms with E-state index in [0.717, 1.165) is 10.1 Å². The normalized spacial score (nSPS) is 19.6. The number of carbonyl (C=O) groups is 1. The van der Waals surface area contributed by atoms with Gasteiger partial charge in [-0.2, -0.15) is 5.26 Å². The average Bonchev–Trinajstić information content (AvgIpc) is 3.78. The summed E-state index contributed by atoms with van der Waals surface area (Å²) in [6, 6.07) is 25.4. The van der Waals surface area contributed by atoms with Crippen LogP contribution in [0.4, 0.5) is 0 Å². The van der Waals surface area contributed by atoms with Crippen molar-refractivity contribution in [3.05, 3.63) is 161 Å². The summed E-state index contributed by atoms with van der Waals surface area (Å²) in [6.07, 6.45) is 0.372. The van der Waals surface area contributed by atoms with Gasteiger partial charge < -0.3 is 32.9 Å². The highest BCUT2D eigenvalue weighted by atomic mass is 31.2. The van der Waals surface area contributed by atoms with Crippen LogP contribution in [0.25, 0.3) is 0 Å². The van der Waals surface area contributed by atoms with Crippen molar-refractivity contribution in [2.45, 2.75) is 96.2 Å². The summed E-state index contributed by atoms with van der Waals surface area (Å²) in [7, 11) is 1.15. The third kappa shape index (κ3) is 9.66. The number of fused-ring (bicyclic) bond motifs is 2. The van der Waals surface area contributed by atoms with Crippen molar-refractivity contribution >= 4 is 14.4 Å². The Hall–Kier alpha value is -6.19. The molecule has 0 aliphatic carbocycles. The predicted molar refractivity (Wildman–Crippen MR) is 249 cm³/mol. The average molecular weight is 938 g/mol. The highest BCUT2D eigenvalue weighted by molar-refractivity contribution is 7.44. The van der Waals surface area contributed by atoms with Crippen molar-refractivity contribution in [3.63, 3.8) is 0 Å². The lowest BCUT2D eigenvalue weighted by Crippen LogP contribution is -2.53. The molecule has 18 nitrogen and oxygen atoms in total. The fourth-order valence-corrected chi connectivity index (χ4v) is 10.7. The number of nitrogens with one attached hydrogen (secondary N) is 2. The molecular formula is C48H56N7O11P. The molecule has 0 saturated carbocycles. The number of aryl methyl sites for hydroxylation is 2. The third-order valence-corrected chi connectivity index (χ3v) is 14.2. The first-order valence-corrected chi connectivity index (χ1v) is 23.0. The summed E-state index contributed by atoms with van der Waals surface area (Å²) < 4.78 is 43.9. The molecule has 2 aromatic heterocycles. The van der Waals surface area contributed by atoms with Crippen LogP contribution in [0.2, 0.25) is 0 Å². The number of hydrogen-bond acceptors (Lipinski definition) is 13. The number of amides is 1. The Morgan fingerprint density at radius 2 is 1.40 bits per heavy atom. The van der Waals surface area contributed by atoms with Gasteiger partial charge in [0.1, 0.15) is 41.4 Å². The fraction of sp³-hybridized carbons (Fsp3) is 0.417. The SMILES string of the molecule is COc1ccc(C(OC[C@@]23CN(C(=O)Cn4cc(C)c(=O)[nH]c4=O)[C@@H]([C@H](n4cc(C)c(=O)[nH]c4=O)O2)[C@@H]3OP(OCCC#N)N(C(C)C)C(C)C)(c2ccccc2)c2ccc(OC)cc2)cc1. The molecule has 5 atom stereocenters. The maximum Gasteiger partial charge on any atom is 0.330 e. The maximum absolute atomic E-state index is 14.9. The molecule has 7 rings (SSSR count).